The Labute approximate surface area is 169 Å². The van der Waals surface area contributed by atoms with Crippen LogP contribution in [0.1, 0.15) is 0 Å². The average Bonchev–Trinajstić information content (AvgIpc) is 3.17. The third kappa shape index (κ3) is 7.54. The summed E-state index contributed by atoms with van der Waals surface area (Å²) in [7, 11) is 1.08. The van der Waals surface area contributed by atoms with Gasteiger partial charge in [-0.1, -0.05) is 25.2 Å². The number of rotatable bonds is 0. The van der Waals surface area contributed by atoms with Crippen molar-refractivity contribution in [2.75, 3.05) is 0 Å². The molecule has 0 amide bonds. The van der Waals surface area contributed by atoms with Crippen LogP contribution in [0.25, 0.3) is 21.5 Å². The largest absolute Gasteiger partial charge is 4.00 e. The van der Waals surface area contributed by atoms with E-state index in [0.29, 0.717) is 0 Å². The SMILES string of the molecule is C[Si]C.[CH3-].[CH3-].[Hf+4].c1ccc2[cH-]ccc2c1.c1ccc2[cH-]ccc2c1. The number of hydrogen-bond acceptors (Lipinski definition) is 0. The fraction of sp³-hybridized carbons (Fsp3) is 0.0909. The molecule has 0 aromatic heterocycles. The van der Waals surface area contributed by atoms with Gasteiger partial charge in [-0.05, 0) is 0 Å². The predicted octanol–water partition coefficient (Wildman–Crippen LogP) is 6.80. The second-order valence-corrected chi connectivity index (χ2v) is 5.81. The molecule has 0 nitrogen and oxygen atoms in total. The van der Waals surface area contributed by atoms with Crippen LogP contribution < -0.4 is 0 Å². The van der Waals surface area contributed by atoms with Gasteiger partial charge in [0.15, 0.2) is 0 Å². The summed E-state index contributed by atoms with van der Waals surface area (Å²) in [5.41, 5.74) is 0. The zero-order valence-corrected chi connectivity index (χ0v) is 19.7. The number of fused-ring (bicyclic) bond motifs is 2. The average molecular weight is 497 g/mol. The van der Waals surface area contributed by atoms with Crippen LogP contribution in [-0.4, -0.2) is 9.52 Å². The molecule has 24 heavy (non-hydrogen) atoms. The fourth-order valence-corrected chi connectivity index (χ4v) is 2.14. The smallest absolute Gasteiger partial charge is 0.358 e. The van der Waals surface area contributed by atoms with Gasteiger partial charge in [0.25, 0.3) is 0 Å². The molecule has 0 spiro atoms. The van der Waals surface area contributed by atoms with Crippen molar-refractivity contribution in [2.24, 2.45) is 0 Å². The van der Waals surface area contributed by atoms with Crippen LogP contribution in [0.3, 0.4) is 0 Å². The molecule has 4 aromatic carbocycles. The van der Waals surface area contributed by atoms with Crippen molar-refractivity contribution < 1.29 is 25.8 Å². The van der Waals surface area contributed by atoms with Crippen molar-refractivity contribution >= 4 is 31.1 Å². The monoisotopic (exact) mass is 498 g/mol. The standard InChI is InChI=1S/2C9H7.C2H6Si.2CH3.Hf/c2*1-2-5-9-7-3-6-8(9)4-1;1-3-2;;;/h2*1-7H;1-2H3;2*1H3;/q2*-1;;2*-1;+4. The summed E-state index contributed by atoms with van der Waals surface area (Å²) in [6.07, 6.45) is 0. The van der Waals surface area contributed by atoms with Crippen LogP contribution >= 0.6 is 0 Å². The summed E-state index contributed by atoms with van der Waals surface area (Å²) < 4.78 is 0. The van der Waals surface area contributed by atoms with Gasteiger partial charge >= 0.3 is 25.8 Å². The van der Waals surface area contributed by atoms with E-state index in [9.17, 15) is 0 Å². The Kier molecular flexibility index (Phi) is 14.7. The van der Waals surface area contributed by atoms with E-state index in [-0.39, 0.29) is 40.7 Å². The number of benzene rings is 2. The minimum absolute atomic E-state index is 0. The van der Waals surface area contributed by atoms with E-state index in [1.165, 1.54) is 21.5 Å². The number of hydrogen-bond donors (Lipinski definition) is 0. The van der Waals surface area contributed by atoms with E-state index in [0.717, 1.165) is 9.52 Å². The maximum absolute atomic E-state index is 2.15. The van der Waals surface area contributed by atoms with Gasteiger partial charge in [-0.3, -0.25) is 0 Å². The second-order valence-electron chi connectivity index (χ2n) is 4.81. The first-order valence-electron chi connectivity index (χ1n) is 7.14. The van der Waals surface area contributed by atoms with Gasteiger partial charge < -0.3 is 14.9 Å². The van der Waals surface area contributed by atoms with Crippen LogP contribution in [0.5, 0.6) is 0 Å². The second kappa shape index (κ2) is 14.1. The molecule has 4 aromatic rings. The molecule has 0 heterocycles. The molecule has 0 fully saturated rings. The van der Waals surface area contributed by atoms with Gasteiger partial charge in [0.2, 0.25) is 0 Å². The predicted molar refractivity (Wildman–Crippen MR) is 109 cm³/mol. The fourth-order valence-electron chi connectivity index (χ4n) is 2.14. The molecule has 2 heteroatoms. The summed E-state index contributed by atoms with van der Waals surface area (Å²) in [6, 6.07) is 29.3. The summed E-state index contributed by atoms with van der Waals surface area (Å²) in [5.74, 6) is 0. The minimum atomic E-state index is 0. The summed E-state index contributed by atoms with van der Waals surface area (Å²) in [4.78, 5) is 0. The van der Waals surface area contributed by atoms with E-state index in [1.807, 2.05) is 0 Å². The van der Waals surface area contributed by atoms with Gasteiger partial charge in [-0.2, -0.15) is 35.0 Å². The maximum Gasteiger partial charge on any atom is 4.00 e. The van der Waals surface area contributed by atoms with Crippen LogP contribution in [0.2, 0.25) is 13.1 Å². The zero-order valence-electron chi connectivity index (χ0n) is 15.1. The van der Waals surface area contributed by atoms with Gasteiger partial charge in [0.05, 0.1) is 0 Å². The summed E-state index contributed by atoms with van der Waals surface area (Å²) in [5, 5.41) is 5.32. The molecule has 0 aliphatic carbocycles. The van der Waals surface area contributed by atoms with Crippen LogP contribution in [-0.2, 0) is 25.8 Å². The molecule has 0 aliphatic rings. The molecular formula is C22H26HfSi. The Balaban J connectivity index is 0. The van der Waals surface area contributed by atoms with Crippen molar-refractivity contribution in [1.29, 1.82) is 0 Å². The Morgan fingerprint density at radius 3 is 1.29 bits per heavy atom. The third-order valence-electron chi connectivity index (χ3n) is 3.10. The van der Waals surface area contributed by atoms with Crippen LogP contribution in [0.15, 0.2) is 84.9 Å². The summed E-state index contributed by atoms with van der Waals surface area (Å²) >= 11 is 0. The summed E-state index contributed by atoms with van der Waals surface area (Å²) in [6.45, 7) is 4.31. The van der Waals surface area contributed by atoms with Crippen molar-refractivity contribution in [2.45, 2.75) is 13.1 Å². The van der Waals surface area contributed by atoms with E-state index in [4.69, 9.17) is 0 Å². The molecule has 0 saturated carbocycles. The quantitative estimate of drug-likeness (QED) is 0.185. The first-order valence-corrected chi connectivity index (χ1v) is 9.14. The molecule has 0 saturated heterocycles. The molecule has 0 atom stereocenters. The molecule has 2 radical (unpaired) electrons. The Morgan fingerprint density at radius 2 is 0.958 bits per heavy atom. The van der Waals surface area contributed by atoms with Crippen LogP contribution in [0.4, 0.5) is 0 Å². The van der Waals surface area contributed by atoms with Gasteiger partial charge in [0, 0.05) is 9.52 Å². The molecule has 0 N–H and O–H groups in total. The van der Waals surface area contributed by atoms with Crippen molar-refractivity contribution in [3.63, 3.8) is 0 Å². The van der Waals surface area contributed by atoms with E-state index >= 15 is 0 Å². The van der Waals surface area contributed by atoms with Gasteiger partial charge in [0.1, 0.15) is 0 Å². The first kappa shape index (κ1) is 25.0. The normalized spacial score (nSPS) is 8.42. The van der Waals surface area contributed by atoms with Crippen molar-refractivity contribution in [3.8, 4) is 0 Å². The van der Waals surface area contributed by atoms with E-state index in [2.05, 4.69) is 98.0 Å². The molecule has 4 rings (SSSR count). The van der Waals surface area contributed by atoms with Crippen LogP contribution in [0, 0.1) is 14.9 Å². The Morgan fingerprint density at radius 1 is 0.625 bits per heavy atom. The topological polar surface area (TPSA) is 0 Å². The molecular weight excluding hydrogens is 471 g/mol. The zero-order chi connectivity index (χ0) is 14.9. The van der Waals surface area contributed by atoms with Crippen molar-refractivity contribution in [3.05, 3.63) is 99.8 Å². The first-order chi connectivity index (χ1) is 10.3. The van der Waals surface area contributed by atoms with Gasteiger partial charge in [-0.15, -0.1) is 59.3 Å². The Hall–Kier alpha value is -1.25. The molecule has 0 aliphatic heterocycles. The third-order valence-corrected chi connectivity index (χ3v) is 3.10. The molecule has 122 valence electrons. The van der Waals surface area contributed by atoms with Gasteiger partial charge in [-0.25, -0.2) is 0 Å². The molecule has 0 bridgehead atoms. The minimum Gasteiger partial charge on any atom is -0.358 e. The van der Waals surface area contributed by atoms with E-state index in [1.54, 1.807) is 0 Å². The maximum atomic E-state index is 2.15. The molecule has 0 unspecified atom stereocenters. The van der Waals surface area contributed by atoms with Crippen molar-refractivity contribution in [1.82, 2.24) is 0 Å². The Bertz CT molecular complexity index is 641. The van der Waals surface area contributed by atoms with E-state index < -0.39 is 0 Å².